The summed E-state index contributed by atoms with van der Waals surface area (Å²) in [6, 6.07) is 17.3. The van der Waals surface area contributed by atoms with Crippen LogP contribution in [0.4, 0.5) is 0 Å². The van der Waals surface area contributed by atoms with Gasteiger partial charge < -0.3 is 10.6 Å². The van der Waals surface area contributed by atoms with Crippen molar-refractivity contribution < 1.29 is 8.42 Å². The number of benzene rings is 2. The third-order valence-corrected chi connectivity index (χ3v) is 7.65. The molecule has 1 aliphatic carbocycles. The van der Waals surface area contributed by atoms with Crippen LogP contribution < -0.4 is 15.4 Å². The Morgan fingerprint density at radius 1 is 1.07 bits per heavy atom. The molecule has 0 atom stereocenters. The van der Waals surface area contributed by atoms with Crippen molar-refractivity contribution >= 4 is 27.7 Å². The summed E-state index contributed by atoms with van der Waals surface area (Å²) in [5.41, 5.74) is 0.956. The number of hydrogen-bond acceptors (Lipinski definition) is 4. The first-order valence-electron chi connectivity index (χ1n) is 9.75. The van der Waals surface area contributed by atoms with Gasteiger partial charge in [-0.25, -0.2) is 18.1 Å². The van der Waals surface area contributed by atoms with Crippen LogP contribution in [0.5, 0.6) is 0 Å². The number of sulfonamides is 1. The third kappa shape index (κ3) is 6.22. The van der Waals surface area contributed by atoms with E-state index < -0.39 is 10.0 Å². The lowest BCUT2D eigenvalue weighted by molar-refractivity contribution is 0.588. The Bertz CT molecular complexity index is 925. The Morgan fingerprint density at radius 3 is 2.34 bits per heavy atom. The first kappa shape index (κ1) is 21.7. The number of thioether (sulfide) groups is 1. The Kier molecular flexibility index (Phi) is 7.21. The molecule has 29 heavy (non-hydrogen) atoms. The summed E-state index contributed by atoms with van der Waals surface area (Å²) in [6.07, 6.45) is 2.39. The van der Waals surface area contributed by atoms with Crippen molar-refractivity contribution in [1.29, 1.82) is 0 Å². The predicted molar refractivity (Wildman–Crippen MR) is 120 cm³/mol. The largest absolute Gasteiger partial charge is 0.357 e. The molecule has 0 aromatic heterocycles. The molecule has 2 aromatic carbocycles. The molecule has 3 rings (SSSR count). The SMILES string of the molecule is CCNC(=NCc1ccc(S(=O)(=O)NC)cc1)NCC1(Sc2ccccc2)CC1. The molecule has 8 heteroatoms. The highest BCUT2D eigenvalue weighted by Gasteiger charge is 2.43. The van der Waals surface area contributed by atoms with Gasteiger partial charge in [0, 0.05) is 22.7 Å². The molecule has 0 saturated heterocycles. The van der Waals surface area contributed by atoms with Crippen LogP contribution in [0.15, 0.2) is 69.4 Å². The van der Waals surface area contributed by atoms with E-state index in [1.165, 1.54) is 24.8 Å². The lowest BCUT2D eigenvalue weighted by Crippen LogP contribution is -2.41. The zero-order chi connectivity index (χ0) is 20.7. The fourth-order valence-electron chi connectivity index (χ4n) is 2.84. The topological polar surface area (TPSA) is 82.6 Å². The number of nitrogens with one attached hydrogen (secondary N) is 3. The lowest BCUT2D eigenvalue weighted by Gasteiger charge is -2.18. The van der Waals surface area contributed by atoms with Crippen LogP contribution in [0.1, 0.15) is 25.3 Å². The van der Waals surface area contributed by atoms with Crippen molar-refractivity contribution in [3.8, 4) is 0 Å². The molecule has 2 aromatic rings. The summed E-state index contributed by atoms with van der Waals surface area (Å²) in [5, 5.41) is 6.76. The number of aliphatic imine (C=N–C) groups is 1. The van der Waals surface area contributed by atoms with E-state index >= 15 is 0 Å². The van der Waals surface area contributed by atoms with Crippen molar-refractivity contribution in [2.75, 3.05) is 20.1 Å². The van der Waals surface area contributed by atoms with Crippen LogP contribution in [0.3, 0.4) is 0 Å². The average molecular weight is 433 g/mol. The van der Waals surface area contributed by atoms with Gasteiger partial charge >= 0.3 is 0 Å². The van der Waals surface area contributed by atoms with Crippen molar-refractivity contribution in [3.63, 3.8) is 0 Å². The molecule has 0 heterocycles. The molecule has 0 unspecified atom stereocenters. The van der Waals surface area contributed by atoms with Crippen molar-refractivity contribution in [2.24, 2.45) is 4.99 Å². The summed E-state index contributed by atoms with van der Waals surface area (Å²) >= 11 is 1.93. The van der Waals surface area contributed by atoms with Gasteiger partial charge in [-0.05, 0) is 56.6 Å². The number of rotatable bonds is 9. The maximum atomic E-state index is 11.8. The molecule has 0 radical (unpaired) electrons. The second kappa shape index (κ2) is 9.65. The minimum atomic E-state index is -3.41. The first-order valence-corrected chi connectivity index (χ1v) is 12.0. The van der Waals surface area contributed by atoms with Crippen LogP contribution in [-0.2, 0) is 16.6 Å². The maximum Gasteiger partial charge on any atom is 0.240 e. The van der Waals surface area contributed by atoms with Crippen LogP contribution in [0, 0.1) is 0 Å². The summed E-state index contributed by atoms with van der Waals surface area (Å²) in [5.74, 6) is 0.777. The molecular weight excluding hydrogens is 404 g/mol. The van der Waals surface area contributed by atoms with Gasteiger partial charge in [0.25, 0.3) is 0 Å². The maximum absolute atomic E-state index is 11.8. The standard InChI is InChI=1S/C21H28N4O2S2/c1-3-23-20(24-15-17-9-11-19(12-10-17)29(26,27)22-2)25-16-21(13-14-21)28-18-7-5-4-6-8-18/h4-12,22H,3,13-16H2,1-2H3,(H2,23,24,25). The Hall–Kier alpha value is -2.03. The summed E-state index contributed by atoms with van der Waals surface area (Å²) in [6.45, 7) is 4.16. The summed E-state index contributed by atoms with van der Waals surface area (Å²) < 4.78 is 26.2. The number of guanidine groups is 1. The van der Waals surface area contributed by atoms with Crippen molar-refractivity contribution in [3.05, 3.63) is 60.2 Å². The van der Waals surface area contributed by atoms with E-state index in [1.807, 2.05) is 24.8 Å². The van der Waals surface area contributed by atoms with E-state index in [4.69, 9.17) is 0 Å². The Balaban J connectivity index is 1.59. The van der Waals surface area contributed by atoms with E-state index in [-0.39, 0.29) is 9.64 Å². The third-order valence-electron chi connectivity index (χ3n) is 4.73. The van der Waals surface area contributed by atoms with E-state index in [2.05, 4.69) is 44.6 Å². The average Bonchev–Trinajstić information content (AvgIpc) is 3.50. The molecule has 0 aliphatic heterocycles. The molecule has 1 aliphatic rings. The van der Waals surface area contributed by atoms with Gasteiger partial charge in [-0.15, -0.1) is 11.8 Å². The molecule has 0 bridgehead atoms. The van der Waals surface area contributed by atoms with Crippen LogP contribution in [0.2, 0.25) is 0 Å². The van der Waals surface area contributed by atoms with Gasteiger partial charge in [-0.2, -0.15) is 0 Å². The minimum absolute atomic E-state index is 0.237. The number of nitrogens with zero attached hydrogens (tertiary/aromatic N) is 1. The number of hydrogen-bond donors (Lipinski definition) is 3. The first-order chi connectivity index (χ1) is 14.0. The van der Waals surface area contributed by atoms with Crippen LogP contribution in [-0.4, -0.2) is 39.3 Å². The van der Waals surface area contributed by atoms with Gasteiger partial charge in [0.15, 0.2) is 5.96 Å². The van der Waals surface area contributed by atoms with E-state index in [9.17, 15) is 8.42 Å². The van der Waals surface area contributed by atoms with E-state index in [1.54, 1.807) is 24.3 Å². The quantitative estimate of drug-likeness (QED) is 0.419. The lowest BCUT2D eigenvalue weighted by atomic mass is 10.2. The Labute approximate surface area is 177 Å². The molecule has 0 amide bonds. The smallest absolute Gasteiger partial charge is 0.240 e. The van der Waals surface area contributed by atoms with Gasteiger partial charge in [-0.1, -0.05) is 30.3 Å². The second-order valence-corrected chi connectivity index (χ2v) is 10.4. The molecular formula is C21H28N4O2S2. The van der Waals surface area contributed by atoms with Crippen molar-refractivity contribution in [2.45, 2.75) is 40.8 Å². The molecule has 1 fully saturated rings. The second-order valence-electron chi connectivity index (χ2n) is 7.00. The monoisotopic (exact) mass is 432 g/mol. The summed E-state index contributed by atoms with van der Waals surface area (Å²) in [7, 11) is -2.00. The molecule has 3 N–H and O–H groups in total. The Morgan fingerprint density at radius 2 is 1.76 bits per heavy atom. The van der Waals surface area contributed by atoms with Crippen LogP contribution >= 0.6 is 11.8 Å². The molecule has 156 valence electrons. The minimum Gasteiger partial charge on any atom is -0.357 e. The summed E-state index contributed by atoms with van der Waals surface area (Å²) in [4.78, 5) is 6.21. The van der Waals surface area contributed by atoms with Crippen molar-refractivity contribution in [1.82, 2.24) is 15.4 Å². The molecule has 6 nitrogen and oxygen atoms in total. The predicted octanol–water partition coefficient (Wildman–Crippen LogP) is 2.97. The molecule has 1 saturated carbocycles. The van der Waals surface area contributed by atoms with Crippen LogP contribution in [0.25, 0.3) is 0 Å². The highest BCUT2D eigenvalue weighted by molar-refractivity contribution is 8.01. The zero-order valence-corrected chi connectivity index (χ0v) is 18.4. The van der Waals surface area contributed by atoms with Gasteiger partial charge in [-0.3, -0.25) is 0 Å². The normalized spacial score (nSPS) is 15.7. The van der Waals surface area contributed by atoms with E-state index in [0.29, 0.717) is 6.54 Å². The van der Waals surface area contributed by atoms with Gasteiger partial charge in [0.05, 0.1) is 11.4 Å². The van der Waals surface area contributed by atoms with Gasteiger partial charge in [0.2, 0.25) is 10.0 Å². The highest BCUT2D eigenvalue weighted by Crippen LogP contribution is 2.51. The van der Waals surface area contributed by atoms with Gasteiger partial charge in [0.1, 0.15) is 0 Å². The van der Waals surface area contributed by atoms with E-state index in [0.717, 1.165) is 24.6 Å². The highest BCUT2D eigenvalue weighted by atomic mass is 32.2. The molecule has 0 spiro atoms. The zero-order valence-electron chi connectivity index (χ0n) is 16.8. The fourth-order valence-corrected chi connectivity index (χ4v) is 4.82. The fraction of sp³-hybridized carbons (Fsp3) is 0.381.